The fourth-order valence-corrected chi connectivity index (χ4v) is 3.38. The minimum atomic E-state index is -0.225. The van der Waals surface area contributed by atoms with Crippen molar-refractivity contribution in [3.8, 4) is 0 Å². The SMILES string of the molecule is CCN(CC)c1ccc(NC(=O)c2cc(NC3CCCC3)ncn2)cc1. The Balaban J connectivity index is 1.64. The summed E-state index contributed by atoms with van der Waals surface area (Å²) in [5.74, 6) is 0.492. The first-order chi connectivity index (χ1) is 12.7. The number of carbonyl (C=O) groups excluding carboxylic acids is 1. The fourth-order valence-electron chi connectivity index (χ4n) is 3.38. The molecule has 1 saturated carbocycles. The van der Waals surface area contributed by atoms with Crippen molar-refractivity contribution in [1.82, 2.24) is 9.97 Å². The Morgan fingerprint density at radius 1 is 1.12 bits per heavy atom. The van der Waals surface area contributed by atoms with Crippen molar-refractivity contribution in [3.63, 3.8) is 0 Å². The van der Waals surface area contributed by atoms with E-state index in [1.54, 1.807) is 6.07 Å². The lowest BCUT2D eigenvalue weighted by Gasteiger charge is -2.21. The maximum absolute atomic E-state index is 12.5. The molecule has 1 aliphatic carbocycles. The molecular weight excluding hydrogens is 326 g/mol. The Kier molecular flexibility index (Phi) is 6.04. The number of aromatic nitrogens is 2. The van der Waals surface area contributed by atoms with Gasteiger partial charge >= 0.3 is 0 Å². The number of nitrogens with zero attached hydrogens (tertiary/aromatic N) is 3. The summed E-state index contributed by atoms with van der Waals surface area (Å²) in [4.78, 5) is 23.1. The van der Waals surface area contributed by atoms with Crippen molar-refractivity contribution >= 4 is 23.1 Å². The Hall–Kier alpha value is -2.63. The van der Waals surface area contributed by atoms with Gasteiger partial charge in [0.25, 0.3) is 5.91 Å². The van der Waals surface area contributed by atoms with Crippen LogP contribution >= 0.6 is 0 Å². The number of rotatable bonds is 7. The molecular formula is C20H27N5O. The Morgan fingerprint density at radius 3 is 2.46 bits per heavy atom. The Labute approximate surface area is 155 Å². The zero-order valence-corrected chi connectivity index (χ0v) is 15.5. The third kappa shape index (κ3) is 4.50. The lowest BCUT2D eigenvalue weighted by atomic mass is 10.2. The Morgan fingerprint density at radius 2 is 1.81 bits per heavy atom. The van der Waals surface area contributed by atoms with Crippen LogP contribution < -0.4 is 15.5 Å². The predicted molar refractivity (Wildman–Crippen MR) is 106 cm³/mol. The average Bonchev–Trinajstić information content (AvgIpc) is 3.17. The normalized spacial score (nSPS) is 14.2. The number of carbonyl (C=O) groups is 1. The van der Waals surface area contributed by atoms with E-state index in [1.165, 1.54) is 19.2 Å². The molecule has 6 nitrogen and oxygen atoms in total. The van der Waals surface area contributed by atoms with E-state index < -0.39 is 0 Å². The van der Waals surface area contributed by atoms with Gasteiger partial charge in [-0.05, 0) is 51.0 Å². The molecule has 0 radical (unpaired) electrons. The molecule has 138 valence electrons. The van der Waals surface area contributed by atoms with Gasteiger partial charge in [-0.3, -0.25) is 4.79 Å². The number of hydrogen-bond donors (Lipinski definition) is 2. The van der Waals surface area contributed by atoms with Crippen LogP contribution in [-0.2, 0) is 0 Å². The number of amides is 1. The first kappa shape index (κ1) is 18.2. The lowest BCUT2D eigenvalue weighted by Crippen LogP contribution is -2.21. The van der Waals surface area contributed by atoms with Crippen molar-refractivity contribution in [2.45, 2.75) is 45.6 Å². The monoisotopic (exact) mass is 353 g/mol. The van der Waals surface area contributed by atoms with Crippen molar-refractivity contribution in [3.05, 3.63) is 42.4 Å². The second kappa shape index (κ2) is 8.65. The van der Waals surface area contributed by atoms with Gasteiger partial charge < -0.3 is 15.5 Å². The molecule has 0 atom stereocenters. The molecule has 2 N–H and O–H groups in total. The van der Waals surface area contributed by atoms with E-state index in [9.17, 15) is 4.79 Å². The number of nitrogens with one attached hydrogen (secondary N) is 2. The standard InChI is InChI=1S/C20H27N5O/c1-3-25(4-2)17-11-9-16(10-12-17)24-20(26)18-13-19(22-14-21-18)23-15-7-5-6-8-15/h9-15H,3-8H2,1-2H3,(H,24,26)(H,21,22,23). The molecule has 1 aromatic carbocycles. The zero-order valence-electron chi connectivity index (χ0n) is 15.5. The van der Waals surface area contributed by atoms with Crippen molar-refractivity contribution in [2.75, 3.05) is 28.6 Å². The highest BCUT2D eigenvalue weighted by atomic mass is 16.1. The molecule has 1 aromatic heterocycles. The van der Waals surface area contributed by atoms with Crippen LogP contribution in [0.4, 0.5) is 17.2 Å². The van der Waals surface area contributed by atoms with Crippen LogP contribution in [0.1, 0.15) is 50.0 Å². The average molecular weight is 353 g/mol. The molecule has 1 fully saturated rings. The first-order valence-corrected chi connectivity index (χ1v) is 9.44. The molecule has 0 saturated heterocycles. The van der Waals surface area contributed by atoms with Crippen LogP contribution in [0.2, 0.25) is 0 Å². The van der Waals surface area contributed by atoms with E-state index in [2.05, 4.69) is 39.3 Å². The van der Waals surface area contributed by atoms with Gasteiger partial charge in [0.2, 0.25) is 0 Å². The molecule has 1 amide bonds. The molecule has 6 heteroatoms. The van der Waals surface area contributed by atoms with Gasteiger partial charge in [0.15, 0.2) is 0 Å². The van der Waals surface area contributed by atoms with Crippen LogP contribution in [0.5, 0.6) is 0 Å². The summed E-state index contributed by atoms with van der Waals surface area (Å²) in [5.41, 5.74) is 2.28. The fraction of sp³-hybridized carbons (Fsp3) is 0.450. The molecule has 0 aliphatic heterocycles. The zero-order chi connectivity index (χ0) is 18.4. The van der Waals surface area contributed by atoms with Crippen LogP contribution in [0.15, 0.2) is 36.7 Å². The maximum atomic E-state index is 12.5. The summed E-state index contributed by atoms with van der Waals surface area (Å²) in [7, 11) is 0. The molecule has 0 bridgehead atoms. The second-order valence-corrected chi connectivity index (χ2v) is 6.59. The van der Waals surface area contributed by atoms with Crippen LogP contribution in [0.3, 0.4) is 0 Å². The lowest BCUT2D eigenvalue weighted by molar-refractivity contribution is 0.102. The summed E-state index contributed by atoms with van der Waals surface area (Å²) < 4.78 is 0. The topological polar surface area (TPSA) is 70.2 Å². The molecule has 0 unspecified atom stereocenters. The van der Waals surface area contributed by atoms with Crippen molar-refractivity contribution < 1.29 is 4.79 Å². The van der Waals surface area contributed by atoms with Crippen LogP contribution in [0.25, 0.3) is 0 Å². The third-order valence-electron chi connectivity index (χ3n) is 4.86. The van der Waals surface area contributed by atoms with Gasteiger partial charge in [-0.25, -0.2) is 9.97 Å². The van der Waals surface area contributed by atoms with E-state index in [1.807, 2.05) is 24.3 Å². The van der Waals surface area contributed by atoms with Crippen molar-refractivity contribution in [1.29, 1.82) is 0 Å². The predicted octanol–water partition coefficient (Wildman–Crippen LogP) is 3.93. The van der Waals surface area contributed by atoms with Gasteiger partial charge in [-0.15, -0.1) is 0 Å². The van der Waals surface area contributed by atoms with E-state index in [0.717, 1.165) is 37.3 Å². The molecule has 0 spiro atoms. The summed E-state index contributed by atoms with van der Waals surface area (Å²) >= 11 is 0. The van der Waals surface area contributed by atoms with E-state index in [0.29, 0.717) is 17.6 Å². The molecule has 26 heavy (non-hydrogen) atoms. The van der Waals surface area contributed by atoms with Gasteiger partial charge in [0, 0.05) is 36.6 Å². The van der Waals surface area contributed by atoms with Crippen LogP contribution in [-0.4, -0.2) is 35.0 Å². The van der Waals surface area contributed by atoms with Gasteiger partial charge in [0.05, 0.1) is 0 Å². The van der Waals surface area contributed by atoms with Crippen molar-refractivity contribution in [2.24, 2.45) is 0 Å². The third-order valence-corrected chi connectivity index (χ3v) is 4.86. The minimum Gasteiger partial charge on any atom is -0.372 e. The number of benzene rings is 1. The second-order valence-electron chi connectivity index (χ2n) is 6.59. The first-order valence-electron chi connectivity index (χ1n) is 9.44. The quantitative estimate of drug-likeness (QED) is 0.789. The van der Waals surface area contributed by atoms with Gasteiger partial charge in [-0.1, -0.05) is 12.8 Å². The highest BCUT2D eigenvalue weighted by Gasteiger charge is 2.16. The summed E-state index contributed by atoms with van der Waals surface area (Å²) in [5, 5.41) is 6.30. The number of anilines is 3. The van der Waals surface area contributed by atoms with E-state index in [-0.39, 0.29) is 5.91 Å². The highest BCUT2D eigenvalue weighted by Crippen LogP contribution is 2.22. The largest absolute Gasteiger partial charge is 0.372 e. The van der Waals surface area contributed by atoms with Crippen LogP contribution in [0, 0.1) is 0 Å². The molecule has 3 rings (SSSR count). The smallest absolute Gasteiger partial charge is 0.274 e. The highest BCUT2D eigenvalue weighted by molar-refractivity contribution is 6.03. The Bertz CT molecular complexity index is 721. The van der Waals surface area contributed by atoms with Gasteiger partial charge in [-0.2, -0.15) is 0 Å². The van der Waals surface area contributed by atoms with Gasteiger partial charge in [0.1, 0.15) is 17.8 Å². The summed E-state index contributed by atoms with van der Waals surface area (Å²) in [6.07, 6.45) is 6.25. The van der Waals surface area contributed by atoms with E-state index >= 15 is 0 Å². The minimum absolute atomic E-state index is 0.225. The molecule has 1 heterocycles. The van der Waals surface area contributed by atoms with E-state index in [4.69, 9.17) is 0 Å². The molecule has 2 aromatic rings. The summed E-state index contributed by atoms with van der Waals surface area (Å²) in [6, 6.07) is 10.1. The maximum Gasteiger partial charge on any atom is 0.274 e. The number of hydrogen-bond acceptors (Lipinski definition) is 5. The molecule has 1 aliphatic rings. The summed E-state index contributed by atoms with van der Waals surface area (Å²) in [6.45, 7) is 6.18.